The van der Waals surface area contributed by atoms with Crippen molar-refractivity contribution in [3.8, 4) is 5.75 Å². The third kappa shape index (κ3) is 4.64. The Morgan fingerprint density at radius 2 is 2.05 bits per heavy atom. The van der Waals surface area contributed by atoms with Gasteiger partial charge in [-0.25, -0.2) is 0 Å². The summed E-state index contributed by atoms with van der Waals surface area (Å²) in [5, 5.41) is 9.33. The number of nitrogens with two attached hydrogens (primary N) is 1. The van der Waals surface area contributed by atoms with Crippen LogP contribution in [0.25, 0.3) is 0 Å². The van der Waals surface area contributed by atoms with E-state index in [-0.39, 0.29) is 23.5 Å². The lowest BCUT2D eigenvalue weighted by atomic mass is 10.1. The first-order valence-electron chi connectivity index (χ1n) is 6.19. The Balaban J connectivity index is 2.99. The Bertz CT molecular complexity index is 475. The van der Waals surface area contributed by atoms with E-state index in [4.69, 9.17) is 5.73 Å². The van der Waals surface area contributed by atoms with E-state index < -0.39 is 18.6 Å². The van der Waals surface area contributed by atoms with E-state index in [1.807, 2.05) is 6.92 Å². The second kappa shape index (κ2) is 6.49. The van der Waals surface area contributed by atoms with Crippen molar-refractivity contribution in [1.82, 2.24) is 4.90 Å². The average molecular weight is 290 g/mol. The highest BCUT2D eigenvalue weighted by atomic mass is 19.4. The molecular weight excluding hydrogens is 273 g/mol. The van der Waals surface area contributed by atoms with Gasteiger partial charge in [-0.2, -0.15) is 13.2 Å². The molecule has 1 aromatic rings. The number of carbonyl (C=O) groups excluding carboxylic acids is 1. The van der Waals surface area contributed by atoms with Gasteiger partial charge in [0.1, 0.15) is 12.3 Å². The standard InChI is InChI=1S/C13H17F3N2O2/c1-2-3-6-18(8-13(14,15)16)12(20)10-7-9(19)4-5-11(10)17/h4-5,7,19H,2-3,6,8,17H2,1H3. The van der Waals surface area contributed by atoms with E-state index >= 15 is 0 Å². The lowest BCUT2D eigenvalue weighted by Crippen LogP contribution is -2.39. The summed E-state index contributed by atoms with van der Waals surface area (Å²) in [4.78, 5) is 12.8. The third-order valence-corrected chi connectivity index (χ3v) is 2.71. The number of unbranched alkanes of at least 4 members (excludes halogenated alkanes) is 1. The summed E-state index contributed by atoms with van der Waals surface area (Å²) in [5.41, 5.74) is 5.50. The first-order chi connectivity index (χ1) is 9.24. The topological polar surface area (TPSA) is 66.6 Å². The number of amides is 1. The minimum absolute atomic E-state index is 0.00998. The van der Waals surface area contributed by atoms with Crippen LogP contribution < -0.4 is 5.73 Å². The lowest BCUT2D eigenvalue weighted by Gasteiger charge is -2.24. The Kier molecular flexibility index (Phi) is 5.24. The number of rotatable bonds is 5. The minimum Gasteiger partial charge on any atom is -0.508 e. The average Bonchev–Trinajstić information content (AvgIpc) is 2.35. The molecule has 0 aliphatic carbocycles. The Labute approximate surface area is 115 Å². The van der Waals surface area contributed by atoms with Crippen molar-refractivity contribution < 1.29 is 23.1 Å². The van der Waals surface area contributed by atoms with Crippen molar-refractivity contribution in [2.75, 3.05) is 18.8 Å². The maximum Gasteiger partial charge on any atom is 0.406 e. The monoisotopic (exact) mass is 290 g/mol. The molecule has 4 nitrogen and oxygen atoms in total. The highest BCUT2D eigenvalue weighted by Gasteiger charge is 2.33. The quantitative estimate of drug-likeness (QED) is 0.647. The van der Waals surface area contributed by atoms with Gasteiger partial charge in [-0.15, -0.1) is 0 Å². The Hall–Kier alpha value is -1.92. The summed E-state index contributed by atoms with van der Waals surface area (Å²) in [6, 6.07) is 3.63. The van der Waals surface area contributed by atoms with Crippen molar-refractivity contribution in [1.29, 1.82) is 0 Å². The van der Waals surface area contributed by atoms with E-state index in [0.29, 0.717) is 17.7 Å². The first kappa shape index (κ1) is 16.1. The van der Waals surface area contributed by atoms with Crippen LogP contribution in [-0.2, 0) is 0 Å². The number of benzene rings is 1. The summed E-state index contributed by atoms with van der Waals surface area (Å²) in [6.07, 6.45) is -3.35. The summed E-state index contributed by atoms with van der Waals surface area (Å²) < 4.78 is 37.5. The smallest absolute Gasteiger partial charge is 0.406 e. The van der Waals surface area contributed by atoms with Crippen LogP contribution >= 0.6 is 0 Å². The molecule has 20 heavy (non-hydrogen) atoms. The lowest BCUT2D eigenvalue weighted by molar-refractivity contribution is -0.140. The number of nitrogen functional groups attached to an aromatic ring is 1. The van der Waals surface area contributed by atoms with E-state index in [0.717, 1.165) is 6.07 Å². The predicted molar refractivity (Wildman–Crippen MR) is 69.4 cm³/mol. The maximum absolute atomic E-state index is 12.5. The molecular formula is C13H17F3N2O2. The second-order valence-electron chi connectivity index (χ2n) is 4.47. The summed E-state index contributed by atoms with van der Waals surface area (Å²) in [6.45, 7) is 0.476. The molecule has 1 aromatic carbocycles. The molecule has 0 heterocycles. The number of nitrogens with zero attached hydrogens (tertiary/aromatic N) is 1. The number of anilines is 1. The first-order valence-corrected chi connectivity index (χ1v) is 6.19. The number of aromatic hydroxyl groups is 1. The number of hydrogen-bond donors (Lipinski definition) is 2. The molecule has 7 heteroatoms. The zero-order valence-corrected chi connectivity index (χ0v) is 11.1. The fraction of sp³-hybridized carbons (Fsp3) is 0.462. The zero-order valence-electron chi connectivity index (χ0n) is 11.1. The van der Waals surface area contributed by atoms with Crippen LogP contribution in [0.1, 0.15) is 30.1 Å². The van der Waals surface area contributed by atoms with Crippen molar-refractivity contribution in [2.45, 2.75) is 25.9 Å². The van der Waals surface area contributed by atoms with Gasteiger partial charge in [0.2, 0.25) is 0 Å². The SMILES string of the molecule is CCCCN(CC(F)(F)F)C(=O)c1cc(O)ccc1N. The highest BCUT2D eigenvalue weighted by molar-refractivity contribution is 5.99. The van der Waals surface area contributed by atoms with Gasteiger partial charge in [-0.1, -0.05) is 13.3 Å². The Morgan fingerprint density at radius 1 is 1.40 bits per heavy atom. The summed E-state index contributed by atoms with van der Waals surface area (Å²) in [7, 11) is 0. The fourth-order valence-corrected chi connectivity index (χ4v) is 1.72. The number of phenols is 1. The zero-order chi connectivity index (χ0) is 15.3. The molecule has 0 spiro atoms. The van der Waals surface area contributed by atoms with Crippen LogP contribution in [0.5, 0.6) is 5.75 Å². The number of phenolic OH excluding ortho intramolecular Hbond substituents is 1. The van der Waals surface area contributed by atoms with Crippen molar-refractivity contribution >= 4 is 11.6 Å². The largest absolute Gasteiger partial charge is 0.508 e. The van der Waals surface area contributed by atoms with Gasteiger partial charge in [0.15, 0.2) is 0 Å². The fourth-order valence-electron chi connectivity index (χ4n) is 1.72. The van der Waals surface area contributed by atoms with Crippen LogP contribution in [0.15, 0.2) is 18.2 Å². The van der Waals surface area contributed by atoms with Crippen LogP contribution in [0.3, 0.4) is 0 Å². The molecule has 112 valence electrons. The van der Waals surface area contributed by atoms with Crippen LogP contribution in [-0.4, -0.2) is 35.2 Å². The summed E-state index contributed by atoms with van der Waals surface area (Å²) >= 11 is 0. The van der Waals surface area contributed by atoms with Gasteiger partial charge in [0, 0.05) is 12.2 Å². The highest BCUT2D eigenvalue weighted by Crippen LogP contribution is 2.23. The van der Waals surface area contributed by atoms with Gasteiger partial charge in [-0.05, 0) is 24.6 Å². The van der Waals surface area contributed by atoms with E-state index in [2.05, 4.69) is 0 Å². The third-order valence-electron chi connectivity index (χ3n) is 2.71. The molecule has 0 saturated carbocycles. The number of carbonyl (C=O) groups is 1. The molecule has 1 amide bonds. The predicted octanol–water partition coefficient (Wildman–Crippen LogP) is 2.78. The minimum atomic E-state index is -4.48. The number of halogens is 3. The van der Waals surface area contributed by atoms with Crippen LogP contribution in [0.2, 0.25) is 0 Å². The van der Waals surface area contributed by atoms with Gasteiger partial charge < -0.3 is 15.7 Å². The number of hydrogen-bond acceptors (Lipinski definition) is 3. The number of alkyl halides is 3. The molecule has 1 rings (SSSR count). The van der Waals surface area contributed by atoms with Gasteiger partial charge >= 0.3 is 6.18 Å². The van der Waals surface area contributed by atoms with Crippen molar-refractivity contribution in [3.63, 3.8) is 0 Å². The summed E-state index contributed by atoms with van der Waals surface area (Å²) in [5.74, 6) is -1.05. The normalized spacial score (nSPS) is 11.4. The molecule has 0 aliphatic heterocycles. The van der Waals surface area contributed by atoms with E-state index in [1.165, 1.54) is 12.1 Å². The van der Waals surface area contributed by atoms with E-state index in [9.17, 15) is 23.1 Å². The molecule has 0 unspecified atom stereocenters. The van der Waals surface area contributed by atoms with Crippen molar-refractivity contribution in [2.24, 2.45) is 0 Å². The van der Waals surface area contributed by atoms with Gasteiger partial charge in [-0.3, -0.25) is 4.79 Å². The molecule has 0 atom stereocenters. The Morgan fingerprint density at radius 3 is 2.60 bits per heavy atom. The maximum atomic E-state index is 12.5. The second-order valence-corrected chi connectivity index (χ2v) is 4.47. The van der Waals surface area contributed by atoms with Crippen LogP contribution in [0.4, 0.5) is 18.9 Å². The van der Waals surface area contributed by atoms with Crippen LogP contribution in [0, 0.1) is 0 Å². The molecule has 0 radical (unpaired) electrons. The molecule has 0 bridgehead atoms. The van der Waals surface area contributed by atoms with Gasteiger partial charge in [0.05, 0.1) is 5.56 Å². The molecule has 0 aliphatic rings. The molecule has 0 saturated heterocycles. The molecule has 0 aromatic heterocycles. The molecule has 0 fully saturated rings. The molecule has 3 N–H and O–H groups in total. The van der Waals surface area contributed by atoms with E-state index in [1.54, 1.807) is 0 Å². The van der Waals surface area contributed by atoms with Crippen molar-refractivity contribution in [3.05, 3.63) is 23.8 Å². The van der Waals surface area contributed by atoms with Gasteiger partial charge in [0.25, 0.3) is 5.91 Å².